The minimum absolute atomic E-state index is 0.0194. The fraction of sp³-hybridized carbons (Fsp3) is 0.320. The van der Waals surface area contributed by atoms with Crippen LogP contribution in [0, 0.1) is 6.92 Å². The Labute approximate surface area is 184 Å². The summed E-state index contributed by atoms with van der Waals surface area (Å²) in [5.74, 6) is -0.142. The predicted molar refractivity (Wildman–Crippen MR) is 126 cm³/mol. The molecule has 0 spiro atoms. The lowest BCUT2D eigenvalue weighted by Gasteiger charge is -2.28. The van der Waals surface area contributed by atoms with Crippen LogP contribution >= 0.6 is 11.3 Å². The van der Waals surface area contributed by atoms with Crippen molar-refractivity contribution in [3.63, 3.8) is 0 Å². The van der Waals surface area contributed by atoms with E-state index in [1.54, 1.807) is 11.3 Å². The van der Waals surface area contributed by atoms with Gasteiger partial charge >= 0.3 is 0 Å². The van der Waals surface area contributed by atoms with Crippen LogP contribution in [0.15, 0.2) is 53.3 Å². The average molecular weight is 432 g/mol. The van der Waals surface area contributed by atoms with Gasteiger partial charge in [0.25, 0.3) is 5.56 Å². The summed E-state index contributed by atoms with van der Waals surface area (Å²) in [4.78, 5) is 26.8. The summed E-state index contributed by atoms with van der Waals surface area (Å²) in [6.45, 7) is 3.84. The fourth-order valence-corrected chi connectivity index (χ4v) is 5.87. The third kappa shape index (κ3) is 3.35. The second-order valence-corrected chi connectivity index (χ2v) is 9.27. The summed E-state index contributed by atoms with van der Waals surface area (Å²) in [5, 5.41) is 9.40. The van der Waals surface area contributed by atoms with Crippen molar-refractivity contribution in [3.05, 3.63) is 75.7 Å². The van der Waals surface area contributed by atoms with Crippen molar-refractivity contribution in [3.8, 4) is 0 Å². The van der Waals surface area contributed by atoms with E-state index < -0.39 is 6.04 Å². The normalized spacial score (nSPS) is 16.9. The van der Waals surface area contributed by atoms with E-state index >= 15 is 0 Å². The molecule has 1 amide bonds. The van der Waals surface area contributed by atoms with Crippen LogP contribution in [0.1, 0.15) is 55.1 Å². The average Bonchev–Trinajstić information content (AvgIpc) is 3.18. The molecule has 2 aromatic heterocycles. The summed E-state index contributed by atoms with van der Waals surface area (Å²) in [6, 6.07) is 15.6. The molecule has 0 radical (unpaired) electrons. The van der Waals surface area contributed by atoms with Crippen molar-refractivity contribution in [2.75, 3.05) is 0 Å². The van der Waals surface area contributed by atoms with Crippen LogP contribution in [-0.4, -0.2) is 15.7 Å². The van der Waals surface area contributed by atoms with Gasteiger partial charge in [-0.15, -0.1) is 11.3 Å². The molecule has 5 nitrogen and oxygen atoms in total. The Bertz CT molecular complexity index is 1350. The van der Waals surface area contributed by atoms with E-state index in [-0.39, 0.29) is 17.5 Å². The van der Waals surface area contributed by atoms with Gasteiger partial charge in [-0.05, 0) is 49.8 Å². The highest BCUT2D eigenvalue weighted by atomic mass is 32.1. The SMILES string of the molecule is CC[C@H](C(=O)N[C@@H]1CCCc2ccccc21)n1nc(C)c2sc3ccccc3c2c1=O. The summed E-state index contributed by atoms with van der Waals surface area (Å²) in [5.41, 5.74) is 3.08. The van der Waals surface area contributed by atoms with Crippen LogP contribution in [0.4, 0.5) is 0 Å². The standard InChI is InChI=1S/C25H25N3O2S/c1-3-20(24(29)26-19-13-8-10-16-9-4-5-11-17(16)19)28-25(30)22-18-12-6-7-14-21(18)31-23(22)15(2)27-28/h4-7,9,11-12,14,19-20H,3,8,10,13H2,1-2H3,(H,26,29)/t19-,20-/m1/s1. The first-order valence-corrected chi connectivity index (χ1v) is 11.7. The Balaban J connectivity index is 1.54. The molecular weight excluding hydrogens is 406 g/mol. The summed E-state index contributed by atoms with van der Waals surface area (Å²) >= 11 is 1.58. The van der Waals surface area contributed by atoms with Crippen molar-refractivity contribution in [1.82, 2.24) is 15.1 Å². The molecule has 6 heteroatoms. The van der Waals surface area contributed by atoms with Gasteiger partial charge in [0.15, 0.2) is 0 Å². The van der Waals surface area contributed by atoms with Gasteiger partial charge in [0.2, 0.25) is 5.91 Å². The number of benzene rings is 2. The zero-order valence-electron chi connectivity index (χ0n) is 17.7. The van der Waals surface area contributed by atoms with Gasteiger partial charge in [-0.2, -0.15) is 5.10 Å². The van der Waals surface area contributed by atoms with Crippen molar-refractivity contribution in [1.29, 1.82) is 0 Å². The lowest BCUT2D eigenvalue weighted by molar-refractivity contribution is -0.125. The van der Waals surface area contributed by atoms with Gasteiger partial charge in [0.1, 0.15) is 6.04 Å². The number of amides is 1. The summed E-state index contributed by atoms with van der Waals surface area (Å²) < 4.78 is 3.37. The van der Waals surface area contributed by atoms with Gasteiger partial charge in [0.05, 0.1) is 21.8 Å². The van der Waals surface area contributed by atoms with E-state index in [1.165, 1.54) is 15.8 Å². The third-order valence-corrected chi connectivity index (χ3v) is 7.55. The first kappa shape index (κ1) is 19.9. The maximum atomic E-state index is 13.5. The molecule has 0 saturated carbocycles. The Morgan fingerprint density at radius 3 is 2.84 bits per heavy atom. The van der Waals surface area contributed by atoms with Crippen LogP contribution < -0.4 is 10.9 Å². The Morgan fingerprint density at radius 1 is 1.23 bits per heavy atom. The van der Waals surface area contributed by atoms with E-state index in [9.17, 15) is 9.59 Å². The largest absolute Gasteiger partial charge is 0.347 e. The number of hydrogen-bond donors (Lipinski definition) is 1. The van der Waals surface area contributed by atoms with Crippen LogP contribution in [0.2, 0.25) is 0 Å². The second kappa shape index (κ2) is 7.93. The van der Waals surface area contributed by atoms with E-state index in [1.807, 2.05) is 50.2 Å². The number of nitrogens with zero attached hydrogens (tertiary/aromatic N) is 2. The van der Waals surface area contributed by atoms with Crippen LogP contribution in [-0.2, 0) is 11.2 Å². The molecule has 1 aliphatic carbocycles. The van der Waals surface area contributed by atoms with Crippen molar-refractivity contribution >= 4 is 37.4 Å². The van der Waals surface area contributed by atoms with E-state index in [2.05, 4.69) is 22.5 Å². The van der Waals surface area contributed by atoms with E-state index in [4.69, 9.17) is 0 Å². The number of carbonyl (C=O) groups excluding carboxylic acids is 1. The van der Waals surface area contributed by atoms with Crippen LogP contribution in [0.3, 0.4) is 0 Å². The smallest absolute Gasteiger partial charge is 0.276 e. The first-order chi connectivity index (χ1) is 15.1. The number of hydrogen-bond acceptors (Lipinski definition) is 4. The van der Waals surface area contributed by atoms with E-state index in [0.29, 0.717) is 11.8 Å². The number of aromatic nitrogens is 2. The zero-order valence-corrected chi connectivity index (χ0v) is 18.5. The Hall–Kier alpha value is -2.99. The van der Waals surface area contributed by atoms with Crippen molar-refractivity contribution in [2.45, 2.75) is 51.6 Å². The molecular formula is C25H25N3O2S. The predicted octanol–water partition coefficient (Wildman–Crippen LogP) is 5.06. The molecule has 0 saturated heterocycles. The number of fused-ring (bicyclic) bond motifs is 4. The van der Waals surface area contributed by atoms with Gasteiger partial charge in [0, 0.05) is 10.1 Å². The molecule has 5 rings (SSSR count). The molecule has 1 aliphatic rings. The molecule has 158 valence electrons. The maximum absolute atomic E-state index is 13.5. The van der Waals surface area contributed by atoms with Crippen molar-refractivity contribution < 1.29 is 4.79 Å². The highest BCUT2D eigenvalue weighted by Crippen LogP contribution is 2.33. The number of nitrogens with one attached hydrogen (secondary N) is 1. The summed E-state index contributed by atoms with van der Waals surface area (Å²) in [7, 11) is 0. The molecule has 2 aromatic carbocycles. The monoisotopic (exact) mass is 431 g/mol. The molecule has 0 aliphatic heterocycles. The van der Waals surface area contributed by atoms with Gasteiger partial charge in [-0.1, -0.05) is 49.4 Å². The van der Waals surface area contributed by atoms with Crippen LogP contribution in [0.25, 0.3) is 20.2 Å². The lowest BCUT2D eigenvalue weighted by atomic mass is 9.87. The zero-order chi connectivity index (χ0) is 21.5. The number of carbonyl (C=O) groups is 1. The molecule has 31 heavy (non-hydrogen) atoms. The highest BCUT2D eigenvalue weighted by molar-refractivity contribution is 7.26. The minimum atomic E-state index is -0.636. The first-order valence-electron chi connectivity index (χ1n) is 10.9. The Morgan fingerprint density at radius 2 is 2.00 bits per heavy atom. The number of thiophene rings is 1. The van der Waals surface area contributed by atoms with Gasteiger partial charge in [-0.25, -0.2) is 4.68 Å². The topological polar surface area (TPSA) is 64.0 Å². The van der Waals surface area contributed by atoms with Crippen molar-refractivity contribution in [2.24, 2.45) is 0 Å². The molecule has 2 heterocycles. The maximum Gasteiger partial charge on any atom is 0.276 e. The van der Waals surface area contributed by atoms with E-state index in [0.717, 1.165) is 39.7 Å². The minimum Gasteiger partial charge on any atom is -0.347 e. The number of aryl methyl sites for hydroxylation is 2. The lowest BCUT2D eigenvalue weighted by Crippen LogP contribution is -2.40. The van der Waals surface area contributed by atoms with Gasteiger partial charge in [-0.3, -0.25) is 9.59 Å². The molecule has 1 N–H and O–H groups in total. The molecule has 0 fully saturated rings. The third-order valence-electron chi connectivity index (χ3n) is 6.27. The molecule has 0 bridgehead atoms. The highest BCUT2D eigenvalue weighted by Gasteiger charge is 2.28. The molecule has 2 atom stereocenters. The summed E-state index contributed by atoms with van der Waals surface area (Å²) in [6.07, 6.45) is 3.50. The molecule has 0 unspecified atom stereocenters. The second-order valence-electron chi connectivity index (χ2n) is 8.21. The van der Waals surface area contributed by atoms with Crippen LogP contribution in [0.5, 0.6) is 0 Å². The number of rotatable bonds is 4. The van der Waals surface area contributed by atoms with Gasteiger partial charge < -0.3 is 5.32 Å². The quantitative estimate of drug-likeness (QED) is 0.491. The Kier molecular flexibility index (Phi) is 5.10. The fourth-order valence-electron chi connectivity index (χ4n) is 4.73. The molecule has 4 aromatic rings.